The maximum Gasteiger partial charge on any atom is 0.0954 e. The number of oxime groups is 1. The number of aliphatic hydroxyl groups excluding tert-OH is 1. The fourth-order valence-corrected chi connectivity index (χ4v) is 1.21. The molecule has 0 aliphatic heterocycles. The van der Waals surface area contributed by atoms with E-state index >= 15 is 0 Å². The van der Waals surface area contributed by atoms with Crippen LogP contribution in [-0.2, 0) is 0 Å². The molecular formula is C10H21NO2. The van der Waals surface area contributed by atoms with Crippen molar-refractivity contribution >= 4 is 5.71 Å². The van der Waals surface area contributed by atoms with E-state index in [4.69, 9.17) is 5.21 Å². The van der Waals surface area contributed by atoms with Crippen molar-refractivity contribution in [2.75, 3.05) is 0 Å². The number of hydrogen-bond acceptors (Lipinski definition) is 3. The predicted octanol–water partition coefficient (Wildman–Crippen LogP) is 2.56. The number of hydrogen-bond donors (Lipinski definition) is 2. The van der Waals surface area contributed by atoms with E-state index in [1.54, 1.807) is 0 Å². The maximum atomic E-state index is 9.58. The third-order valence-electron chi connectivity index (χ3n) is 2.13. The first-order chi connectivity index (χ1) is 6.26. The Kier molecular flexibility index (Phi) is 7.69. The van der Waals surface area contributed by atoms with Crippen molar-refractivity contribution in [1.82, 2.24) is 0 Å². The zero-order chi connectivity index (χ0) is 10.1. The highest BCUT2D eigenvalue weighted by molar-refractivity contribution is 5.87. The summed E-state index contributed by atoms with van der Waals surface area (Å²) in [5, 5.41) is 21.4. The van der Waals surface area contributed by atoms with Gasteiger partial charge in [0, 0.05) is 0 Å². The average molecular weight is 187 g/mol. The molecule has 1 unspecified atom stereocenters. The third-order valence-corrected chi connectivity index (χ3v) is 2.13. The Hall–Kier alpha value is -0.570. The lowest BCUT2D eigenvalue weighted by atomic mass is 10.0. The summed E-state index contributed by atoms with van der Waals surface area (Å²) in [5.41, 5.74) is 0.537. The molecule has 13 heavy (non-hydrogen) atoms. The van der Waals surface area contributed by atoms with E-state index in [-0.39, 0.29) is 0 Å². The van der Waals surface area contributed by atoms with Gasteiger partial charge in [0.15, 0.2) is 0 Å². The number of aliphatic hydroxyl groups is 1. The van der Waals surface area contributed by atoms with E-state index in [2.05, 4.69) is 19.0 Å². The Morgan fingerprint density at radius 2 is 1.85 bits per heavy atom. The van der Waals surface area contributed by atoms with Crippen LogP contribution < -0.4 is 0 Å². The standard InChI is InChI=1S/C10H21NO2/c1-3-5-7-9(11-13)10(12)8-6-4-2/h10,12-13H,3-8H2,1-2H3. The molecule has 0 aromatic carbocycles. The van der Waals surface area contributed by atoms with Gasteiger partial charge in [-0.25, -0.2) is 0 Å². The molecule has 1 atom stereocenters. The van der Waals surface area contributed by atoms with Crippen molar-refractivity contribution in [2.45, 2.75) is 58.5 Å². The van der Waals surface area contributed by atoms with E-state index in [0.717, 1.165) is 25.7 Å². The fraction of sp³-hybridized carbons (Fsp3) is 0.900. The molecule has 78 valence electrons. The molecule has 0 radical (unpaired) electrons. The fourth-order valence-electron chi connectivity index (χ4n) is 1.21. The lowest BCUT2D eigenvalue weighted by Crippen LogP contribution is -2.20. The van der Waals surface area contributed by atoms with Crippen LogP contribution in [0.1, 0.15) is 52.4 Å². The normalized spacial score (nSPS) is 14.5. The van der Waals surface area contributed by atoms with Crippen LogP contribution in [0.2, 0.25) is 0 Å². The second-order valence-electron chi connectivity index (χ2n) is 3.35. The maximum absolute atomic E-state index is 9.58. The van der Waals surface area contributed by atoms with Gasteiger partial charge < -0.3 is 10.3 Å². The van der Waals surface area contributed by atoms with Gasteiger partial charge in [-0.15, -0.1) is 0 Å². The van der Waals surface area contributed by atoms with Gasteiger partial charge in [-0.05, 0) is 19.3 Å². The highest BCUT2D eigenvalue weighted by Gasteiger charge is 2.11. The monoisotopic (exact) mass is 187 g/mol. The lowest BCUT2D eigenvalue weighted by molar-refractivity contribution is 0.214. The van der Waals surface area contributed by atoms with Crippen molar-refractivity contribution < 1.29 is 10.3 Å². The van der Waals surface area contributed by atoms with Crippen LogP contribution in [0.15, 0.2) is 5.16 Å². The van der Waals surface area contributed by atoms with Crippen LogP contribution >= 0.6 is 0 Å². The van der Waals surface area contributed by atoms with Gasteiger partial charge >= 0.3 is 0 Å². The van der Waals surface area contributed by atoms with E-state index < -0.39 is 6.10 Å². The Morgan fingerprint density at radius 1 is 1.23 bits per heavy atom. The van der Waals surface area contributed by atoms with Crippen molar-refractivity contribution in [3.8, 4) is 0 Å². The summed E-state index contributed by atoms with van der Waals surface area (Å²) in [6.45, 7) is 4.15. The first-order valence-corrected chi connectivity index (χ1v) is 5.15. The SMILES string of the molecule is CCCCC(=NO)C(O)CCCC. The minimum absolute atomic E-state index is 0.537. The smallest absolute Gasteiger partial charge is 0.0954 e. The van der Waals surface area contributed by atoms with Crippen LogP contribution in [0.3, 0.4) is 0 Å². The molecule has 0 aliphatic carbocycles. The molecule has 0 saturated heterocycles. The van der Waals surface area contributed by atoms with Crippen molar-refractivity contribution in [3.63, 3.8) is 0 Å². The van der Waals surface area contributed by atoms with Crippen LogP contribution in [0.25, 0.3) is 0 Å². The summed E-state index contributed by atoms with van der Waals surface area (Å²) in [7, 11) is 0. The highest BCUT2D eigenvalue weighted by atomic mass is 16.4. The zero-order valence-electron chi connectivity index (χ0n) is 8.66. The van der Waals surface area contributed by atoms with Gasteiger partial charge in [-0.2, -0.15) is 0 Å². The van der Waals surface area contributed by atoms with Gasteiger partial charge in [0.25, 0.3) is 0 Å². The van der Waals surface area contributed by atoms with Gasteiger partial charge in [-0.3, -0.25) is 0 Å². The van der Waals surface area contributed by atoms with Crippen LogP contribution in [0, 0.1) is 0 Å². The summed E-state index contributed by atoms with van der Waals surface area (Å²) in [6.07, 6.45) is 4.94. The quantitative estimate of drug-likeness (QED) is 0.365. The molecule has 3 heteroatoms. The first kappa shape index (κ1) is 12.4. The molecule has 0 aliphatic rings. The molecule has 2 N–H and O–H groups in total. The molecule has 0 aromatic heterocycles. The molecule has 0 saturated carbocycles. The Bertz CT molecular complexity index is 146. The van der Waals surface area contributed by atoms with E-state index in [1.807, 2.05) is 0 Å². The van der Waals surface area contributed by atoms with Crippen molar-refractivity contribution in [3.05, 3.63) is 0 Å². The van der Waals surface area contributed by atoms with Crippen molar-refractivity contribution in [1.29, 1.82) is 0 Å². The zero-order valence-corrected chi connectivity index (χ0v) is 8.66. The highest BCUT2D eigenvalue weighted by Crippen LogP contribution is 2.07. The molecule has 3 nitrogen and oxygen atoms in total. The second-order valence-corrected chi connectivity index (χ2v) is 3.35. The van der Waals surface area contributed by atoms with E-state index in [9.17, 15) is 5.11 Å². The third kappa shape index (κ3) is 5.64. The van der Waals surface area contributed by atoms with E-state index in [0.29, 0.717) is 18.6 Å². The average Bonchev–Trinajstić information content (AvgIpc) is 2.16. The molecule has 0 amide bonds. The molecule has 0 spiro atoms. The van der Waals surface area contributed by atoms with E-state index in [1.165, 1.54) is 0 Å². The predicted molar refractivity (Wildman–Crippen MR) is 54.3 cm³/mol. The second kappa shape index (κ2) is 8.05. The summed E-state index contributed by atoms with van der Waals surface area (Å²) in [4.78, 5) is 0. The number of unbranched alkanes of at least 4 members (excludes halogenated alkanes) is 2. The number of rotatable bonds is 7. The van der Waals surface area contributed by atoms with Crippen LogP contribution in [0.5, 0.6) is 0 Å². The minimum Gasteiger partial charge on any atom is -0.411 e. The Morgan fingerprint density at radius 3 is 2.31 bits per heavy atom. The summed E-state index contributed by atoms with van der Waals surface area (Å²) >= 11 is 0. The molecular weight excluding hydrogens is 166 g/mol. The molecule has 0 heterocycles. The Labute approximate surface area is 80.5 Å². The molecule has 0 aromatic rings. The largest absolute Gasteiger partial charge is 0.411 e. The molecule has 0 rings (SSSR count). The van der Waals surface area contributed by atoms with Crippen LogP contribution in [-0.4, -0.2) is 22.1 Å². The lowest BCUT2D eigenvalue weighted by Gasteiger charge is -2.10. The Balaban J connectivity index is 3.79. The number of nitrogens with zero attached hydrogens (tertiary/aromatic N) is 1. The summed E-state index contributed by atoms with van der Waals surface area (Å²) in [6, 6.07) is 0. The molecule has 0 bridgehead atoms. The van der Waals surface area contributed by atoms with Crippen LogP contribution in [0.4, 0.5) is 0 Å². The van der Waals surface area contributed by atoms with Gasteiger partial charge in [0.1, 0.15) is 0 Å². The van der Waals surface area contributed by atoms with Crippen molar-refractivity contribution in [2.24, 2.45) is 5.16 Å². The minimum atomic E-state index is -0.545. The van der Waals surface area contributed by atoms with Gasteiger partial charge in [0.05, 0.1) is 11.8 Å². The topological polar surface area (TPSA) is 52.8 Å². The first-order valence-electron chi connectivity index (χ1n) is 5.15. The van der Waals surface area contributed by atoms with Gasteiger partial charge in [-0.1, -0.05) is 38.3 Å². The summed E-state index contributed by atoms with van der Waals surface area (Å²) in [5.74, 6) is 0. The summed E-state index contributed by atoms with van der Waals surface area (Å²) < 4.78 is 0. The molecule has 0 fully saturated rings. The van der Waals surface area contributed by atoms with Gasteiger partial charge in [0.2, 0.25) is 0 Å².